The molecule has 2 N–H and O–H groups in total. The highest BCUT2D eigenvalue weighted by molar-refractivity contribution is 6.31. The molecule has 3 atom stereocenters. The van der Waals surface area contributed by atoms with Crippen LogP contribution in [0.1, 0.15) is 23.8 Å². The molecule has 2 heterocycles. The van der Waals surface area contributed by atoms with Gasteiger partial charge in [-0.05, 0) is 17.7 Å². The number of benzene rings is 2. The van der Waals surface area contributed by atoms with Crippen molar-refractivity contribution in [3.8, 4) is 0 Å². The maximum Gasteiger partial charge on any atom is 0.508 e. The topological polar surface area (TPSA) is 224 Å². The third kappa shape index (κ3) is 8.94. The molecule has 0 spiro atoms. The highest BCUT2D eigenvalue weighted by Crippen LogP contribution is 2.29. The van der Waals surface area contributed by atoms with Gasteiger partial charge in [0.15, 0.2) is 0 Å². The van der Waals surface area contributed by atoms with Gasteiger partial charge in [0, 0.05) is 43.7 Å². The molecular weight excluding hydrogens is 622 g/mol. The van der Waals surface area contributed by atoms with Gasteiger partial charge in [0.25, 0.3) is 11.4 Å². The van der Waals surface area contributed by atoms with E-state index in [0.29, 0.717) is 6.42 Å². The second-order valence-corrected chi connectivity index (χ2v) is 9.93. The van der Waals surface area contributed by atoms with Gasteiger partial charge in [-0.25, -0.2) is 14.4 Å². The van der Waals surface area contributed by atoms with Gasteiger partial charge < -0.3 is 24.1 Å². The monoisotopic (exact) mass is 647 g/mol. The molecule has 1 amide bonds. The summed E-state index contributed by atoms with van der Waals surface area (Å²) in [6, 6.07) is 11.3. The third-order valence-corrected chi connectivity index (χ3v) is 6.93. The van der Waals surface area contributed by atoms with E-state index in [1.807, 2.05) is 0 Å². The molecule has 238 valence electrons. The van der Waals surface area contributed by atoms with E-state index in [-0.39, 0.29) is 53.8 Å². The number of anilines is 1. The minimum absolute atomic E-state index is 0.0295. The summed E-state index contributed by atoms with van der Waals surface area (Å²) in [5, 5.41) is 34.7. The second kappa shape index (κ2) is 15.0. The van der Waals surface area contributed by atoms with Crippen molar-refractivity contribution in [3.63, 3.8) is 0 Å². The van der Waals surface area contributed by atoms with Crippen molar-refractivity contribution >= 4 is 41.0 Å². The molecule has 0 saturated carbocycles. The highest BCUT2D eigenvalue weighted by Gasteiger charge is 2.36. The molecule has 1 aliphatic heterocycles. The van der Waals surface area contributed by atoms with Crippen molar-refractivity contribution in [2.45, 2.75) is 37.7 Å². The first-order valence-corrected chi connectivity index (χ1v) is 13.7. The fourth-order valence-corrected chi connectivity index (χ4v) is 4.58. The minimum Gasteiger partial charge on any atom is -0.449 e. The van der Waals surface area contributed by atoms with E-state index in [1.54, 1.807) is 12.1 Å². The molecule has 1 aromatic heterocycles. The first kappa shape index (κ1) is 32.8. The Morgan fingerprint density at radius 2 is 1.78 bits per heavy atom. The van der Waals surface area contributed by atoms with Crippen LogP contribution >= 0.6 is 11.6 Å². The molecule has 4 rings (SSSR count). The minimum atomic E-state index is -1.11. The lowest BCUT2D eigenvalue weighted by atomic mass is 10.1. The smallest absolute Gasteiger partial charge is 0.449 e. The van der Waals surface area contributed by atoms with Gasteiger partial charge in [0.1, 0.15) is 24.8 Å². The van der Waals surface area contributed by atoms with E-state index in [1.165, 1.54) is 42.6 Å². The van der Waals surface area contributed by atoms with Crippen LogP contribution in [0.25, 0.3) is 0 Å². The Kier molecular flexibility index (Phi) is 11.0. The van der Waals surface area contributed by atoms with Crippen molar-refractivity contribution < 1.29 is 43.5 Å². The first-order valence-electron chi connectivity index (χ1n) is 13.3. The standard InChI is InChI=1S/C27H26ClN5O12/c28-19-2-1-3-20(33(40)41)18(19)10-13-43-27(37)44-15-22-21(34)14-24(45-22)31-11-8-23(29-25(31)35)30-26(36)42-12-9-16-4-6-17(7-5-16)32(38)39/h1-8,11,21-22,24,34H,9-10,12-15H2,(H,29,30,35,36)/t21-,22+,24+/m0/s1. The summed E-state index contributed by atoms with van der Waals surface area (Å²) < 4.78 is 21.8. The number of hydrogen-bond donors (Lipinski definition) is 2. The number of nitrogens with zero attached hydrogens (tertiary/aromatic N) is 4. The number of nitrogens with one attached hydrogen (secondary N) is 1. The number of halogens is 1. The maximum atomic E-state index is 12.6. The number of nitro benzene ring substituents is 2. The zero-order valence-electron chi connectivity index (χ0n) is 23.3. The second-order valence-electron chi connectivity index (χ2n) is 9.52. The van der Waals surface area contributed by atoms with Crippen LogP contribution in [0, 0.1) is 20.2 Å². The Morgan fingerprint density at radius 3 is 2.47 bits per heavy atom. The summed E-state index contributed by atoms with van der Waals surface area (Å²) >= 11 is 6.02. The largest absolute Gasteiger partial charge is 0.508 e. The van der Waals surface area contributed by atoms with Crippen molar-refractivity contribution in [1.29, 1.82) is 0 Å². The lowest BCUT2D eigenvalue weighted by Crippen LogP contribution is -2.30. The predicted molar refractivity (Wildman–Crippen MR) is 154 cm³/mol. The number of aliphatic hydroxyl groups excluding tert-OH is 1. The van der Waals surface area contributed by atoms with Crippen LogP contribution < -0.4 is 11.0 Å². The number of carbonyl (C=O) groups is 2. The average molecular weight is 648 g/mol. The molecule has 18 heteroatoms. The number of ether oxygens (including phenoxy) is 4. The molecule has 3 aromatic rings. The van der Waals surface area contributed by atoms with Gasteiger partial charge in [0.05, 0.1) is 39.8 Å². The van der Waals surface area contributed by atoms with Crippen LogP contribution in [-0.4, -0.2) is 68.8 Å². The van der Waals surface area contributed by atoms with E-state index in [4.69, 9.17) is 30.5 Å². The van der Waals surface area contributed by atoms with Gasteiger partial charge in [-0.15, -0.1) is 0 Å². The number of aromatic nitrogens is 2. The Morgan fingerprint density at radius 1 is 1.04 bits per heavy atom. The van der Waals surface area contributed by atoms with Crippen LogP contribution in [0.15, 0.2) is 59.5 Å². The molecule has 17 nitrogen and oxygen atoms in total. The molecule has 2 aromatic carbocycles. The van der Waals surface area contributed by atoms with E-state index in [0.717, 1.165) is 10.1 Å². The van der Waals surface area contributed by atoms with Crippen LogP contribution in [0.2, 0.25) is 5.02 Å². The average Bonchev–Trinajstić information content (AvgIpc) is 3.36. The fourth-order valence-electron chi connectivity index (χ4n) is 4.32. The lowest BCUT2D eigenvalue weighted by molar-refractivity contribution is -0.385. The van der Waals surface area contributed by atoms with Gasteiger partial charge >= 0.3 is 17.9 Å². The molecular formula is C27H26ClN5O12. The lowest BCUT2D eigenvalue weighted by Gasteiger charge is -2.16. The zero-order valence-corrected chi connectivity index (χ0v) is 24.0. The summed E-state index contributed by atoms with van der Waals surface area (Å²) in [6.45, 7) is -0.694. The van der Waals surface area contributed by atoms with Crippen molar-refractivity contribution in [1.82, 2.24) is 9.55 Å². The van der Waals surface area contributed by atoms with E-state index >= 15 is 0 Å². The summed E-state index contributed by atoms with van der Waals surface area (Å²) in [5.74, 6) is -0.0973. The Balaban J connectivity index is 1.20. The Hall–Kier alpha value is -5.13. The quantitative estimate of drug-likeness (QED) is 0.163. The number of non-ortho nitro benzene ring substituents is 1. The summed E-state index contributed by atoms with van der Waals surface area (Å²) in [7, 11) is 0. The Bertz CT molecular complexity index is 1620. The fraction of sp³-hybridized carbons (Fsp3) is 0.333. The van der Waals surface area contributed by atoms with E-state index < -0.39 is 52.8 Å². The summed E-state index contributed by atoms with van der Waals surface area (Å²) in [5.41, 5.74) is -0.149. The number of carbonyl (C=O) groups excluding carboxylic acids is 2. The third-order valence-electron chi connectivity index (χ3n) is 6.57. The number of hydrogen-bond acceptors (Lipinski definition) is 13. The maximum absolute atomic E-state index is 12.6. The number of rotatable bonds is 12. The predicted octanol–water partition coefficient (Wildman–Crippen LogP) is 3.55. The summed E-state index contributed by atoms with van der Waals surface area (Å²) in [6.07, 6.45) is -3.49. The van der Waals surface area contributed by atoms with Gasteiger partial charge in [0.2, 0.25) is 0 Å². The number of aliphatic hydroxyl groups is 1. The number of nitro groups is 2. The Labute approximate surface area is 258 Å². The first-order chi connectivity index (χ1) is 21.5. The molecule has 0 bridgehead atoms. The van der Waals surface area contributed by atoms with E-state index in [2.05, 4.69) is 10.3 Å². The molecule has 1 fully saturated rings. The number of amides is 1. The molecule has 0 unspecified atom stereocenters. The molecule has 1 aliphatic rings. The van der Waals surface area contributed by atoms with Crippen molar-refractivity contribution in [2.75, 3.05) is 25.1 Å². The van der Waals surface area contributed by atoms with Gasteiger partial charge in [-0.1, -0.05) is 29.8 Å². The summed E-state index contributed by atoms with van der Waals surface area (Å²) in [4.78, 5) is 61.2. The van der Waals surface area contributed by atoms with Crippen LogP contribution in [-0.2, 0) is 31.8 Å². The normalized spacial score (nSPS) is 17.3. The van der Waals surface area contributed by atoms with Crippen LogP contribution in [0.3, 0.4) is 0 Å². The highest BCUT2D eigenvalue weighted by atomic mass is 35.5. The van der Waals surface area contributed by atoms with Crippen molar-refractivity contribution in [3.05, 3.63) is 102 Å². The van der Waals surface area contributed by atoms with Crippen LogP contribution in [0.4, 0.5) is 26.8 Å². The van der Waals surface area contributed by atoms with Gasteiger partial charge in [-0.3, -0.25) is 30.1 Å². The molecule has 1 saturated heterocycles. The molecule has 0 radical (unpaired) electrons. The van der Waals surface area contributed by atoms with Crippen LogP contribution in [0.5, 0.6) is 0 Å². The zero-order chi connectivity index (χ0) is 32.5. The molecule has 45 heavy (non-hydrogen) atoms. The van der Waals surface area contributed by atoms with E-state index in [9.17, 15) is 39.7 Å². The van der Waals surface area contributed by atoms with Crippen molar-refractivity contribution in [2.24, 2.45) is 0 Å². The van der Waals surface area contributed by atoms with Gasteiger partial charge in [-0.2, -0.15) is 4.98 Å². The SMILES string of the molecule is O=C(Nc1ccn([C@H]2C[C@H](O)[C@@H](COC(=O)OCCc3c(Cl)cccc3[N+](=O)[O-])O2)c(=O)n1)OCCc1ccc([N+](=O)[O-])cc1. The molecule has 0 aliphatic carbocycles.